The SMILES string of the molecule is OB(O)O.[Li+].[Li+].[O-2]. The van der Waals surface area contributed by atoms with Gasteiger partial charge in [0.05, 0.1) is 0 Å². The number of hydrogen-bond acceptors (Lipinski definition) is 3. The Balaban J connectivity index is -0.0000000150. The van der Waals surface area contributed by atoms with Crippen LogP contribution in [-0.4, -0.2) is 22.4 Å². The Morgan fingerprint density at radius 2 is 0.857 bits per heavy atom. The van der Waals surface area contributed by atoms with E-state index in [1.165, 1.54) is 0 Å². The van der Waals surface area contributed by atoms with Crippen molar-refractivity contribution in [2.75, 3.05) is 0 Å². The van der Waals surface area contributed by atoms with Crippen molar-refractivity contribution in [1.29, 1.82) is 0 Å². The van der Waals surface area contributed by atoms with Crippen molar-refractivity contribution in [3.8, 4) is 0 Å². The van der Waals surface area contributed by atoms with E-state index in [2.05, 4.69) is 0 Å². The molecule has 0 fully saturated rings. The molecule has 0 bridgehead atoms. The van der Waals surface area contributed by atoms with E-state index in [0.29, 0.717) is 0 Å². The van der Waals surface area contributed by atoms with Gasteiger partial charge < -0.3 is 20.5 Å². The molecule has 0 spiro atoms. The zero-order valence-corrected chi connectivity index (χ0v) is 4.33. The van der Waals surface area contributed by atoms with Gasteiger partial charge in [-0.3, -0.25) is 0 Å². The van der Waals surface area contributed by atoms with Crippen LogP contribution in [0.5, 0.6) is 0 Å². The van der Waals surface area contributed by atoms with Crippen LogP contribution in [-0.2, 0) is 5.48 Å². The van der Waals surface area contributed by atoms with Gasteiger partial charge in [-0.05, 0) is 0 Å². The molecule has 0 amide bonds. The van der Waals surface area contributed by atoms with E-state index in [9.17, 15) is 0 Å². The van der Waals surface area contributed by atoms with Crippen molar-refractivity contribution >= 4 is 7.32 Å². The molecule has 0 atom stereocenters. The minimum Gasteiger partial charge on any atom is -2.00 e. The van der Waals surface area contributed by atoms with Crippen LogP contribution in [0.2, 0.25) is 0 Å². The summed E-state index contributed by atoms with van der Waals surface area (Å²) in [6, 6.07) is 0. The predicted octanol–water partition coefficient (Wildman–Crippen LogP) is -8.16. The first-order chi connectivity index (χ1) is 1.73. The van der Waals surface area contributed by atoms with Gasteiger partial charge in [0.25, 0.3) is 0 Å². The zero-order chi connectivity index (χ0) is 3.58. The summed E-state index contributed by atoms with van der Waals surface area (Å²) < 4.78 is 0. The van der Waals surface area contributed by atoms with Crippen molar-refractivity contribution in [3.05, 3.63) is 0 Å². The van der Waals surface area contributed by atoms with E-state index in [4.69, 9.17) is 15.1 Å². The van der Waals surface area contributed by atoms with Crippen molar-refractivity contribution in [2.45, 2.75) is 0 Å². The maximum absolute atomic E-state index is 7.17. The summed E-state index contributed by atoms with van der Waals surface area (Å²) in [5, 5.41) is 21.5. The molecule has 0 heterocycles. The van der Waals surface area contributed by atoms with Crippen molar-refractivity contribution < 1.29 is 58.3 Å². The fraction of sp³-hybridized carbons (Fsp3) is 0. The van der Waals surface area contributed by atoms with Crippen molar-refractivity contribution in [3.63, 3.8) is 0 Å². The maximum Gasteiger partial charge on any atom is 1.00 e. The molecule has 0 rings (SSSR count). The van der Waals surface area contributed by atoms with E-state index < -0.39 is 7.32 Å². The maximum atomic E-state index is 7.17. The molecule has 0 aliphatic rings. The smallest absolute Gasteiger partial charge is 1.00 e. The molecule has 7 heteroatoms. The first kappa shape index (κ1) is 24.3. The van der Waals surface area contributed by atoms with Crippen LogP contribution in [0.4, 0.5) is 0 Å². The quantitative estimate of drug-likeness (QED) is 0.259. The van der Waals surface area contributed by atoms with Crippen LogP contribution in [0, 0.1) is 0 Å². The summed E-state index contributed by atoms with van der Waals surface area (Å²) >= 11 is 0. The third-order valence-electron chi connectivity index (χ3n) is 0. The van der Waals surface area contributed by atoms with E-state index in [1.807, 2.05) is 0 Å². The summed E-state index contributed by atoms with van der Waals surface area (Å²) in [4.78, 5) is 0. The van der Waals surface area contributed by atoms with Crippen LogP contribution >= 0.6 is 0 Å². The standard InChI is InChI=1S/BH3O3.2Li.O/c2-1(3)4;;;/h2-4H;;;/q;2*+1;-2. The molecule has 0 aromatic rings. The monoisotopic (exact) mass is 92.0 g/mol. The van der Waals surface area contributed by atoms with Gasteiger partial charge in [-0.2, -0.15) is 0 Å². The minimum absolute atomic E-state index is 0. The predicted molar refractivity (Wildman–Crippen MR) is 13.1 cm³/mol. The number of rotatable bonds is 0. The Morgan fingerprint density at radius 3 is 0.857 bits per heavy atom. The van der Waals surface area contributed by atoms with Gasteiger partial charge in [-0.25, -0.2) is 0 Å². The van der Waals surface area contributed by atoms with E-state index in [0.717, 1.165) is 0 Å². The summed E-state index contributed by atoms with van der Waals surface area (Å²) in [6.07, 6.45) is 0. The van der Waals surface area contributed by atoms with E-state index >= 15 is 0 Å². The van der Waals surface area contributed by atoms with Gasteiger partial charge in [-0.1, -0.05) is 0 Å². The molecule has 4 nitrogen and oxygen atoms in total. The molecular weight excluding hydrogens is 88.7 g/mol. The third-order valence-corrected chi connectivity index (χ3v) is 0. The fourth-order valence-corrected chi connectivity index (χ4v) is 0. The summed E-state index contributed by atoms with van der Waals surface area (Å²) in [7, 11) is -2.17. The molecule has 0 saturated carbocycles. The molecule has 7 heavy (non-hydrogen) atoms. The summed E-state index contributed by atoms with van der Waals surface area (Å²) in [5.41, 5.74) is 0. The Bertz CT molecular complexity index is 14.4. The van der Waals surface area contributed by atoms with Gasteiger partial charge in [0.1, 0.15) is 0 Å². The second kappa shape index (κ2) is 15.7. The first-order valence-electron chi connectivity index (χ1n) is 0.775. The molecule has 32 valence electrons. The Kier molecular flexibility index (Phi) is 54.5. The average Bonchev–Trinajstić information content (AvgIpc) is 0.811. The summed E-state index contributed by atoms with van der Waals surface area (Å²) in [5.74, 6) is 0. The number of hydrogen-bond donors (Lipinski definition) is 3. The molecule has 0 aromatic heterocycles. The molecule has 0 radical (unpaired) electrons. The average molecular weight is 91.7 g/mol. The van der Waals surface area contributed by atoms with Gasteiger partial charge in [-0.15, -0.1) is 0 Å². The Labute approximate surface area is 65.8 Å². The fourth-order valence-electron chi connectivity index (χ4n) is 0. The van der Waals surface area contributed by atoms with E-state index in [1.54, 1.807) is 0 Å². The zero-order valence-electron chi connectivity index (χ0n) is 4.33. The van der Waals surface area contributed by atoms with Gasteiger partial charge in [0.15, 0.2) is 0 Å². The van der Waals surface area contributed by atoms with Crippen LogP contribution in [0.25, 0.3) is 0 Å². The molecule has 0 aliphatic carbocycles. The van der Waals surface area contributed by atoms with Gasteiger partial charge in [0.2, 0.25) is 0 Å². The Morgan fingerprint density at radius 1 is 0.857 bits per heavy atom. The molecule has 0 aliphatic heterocycles. The normalized spacial score (nSPS) is 3.86. The van der Waals surface area contributed by atoms with Gasteiger partial charge in [0, 0.05) is 0 Å². The van der Waals surface area contributed by atoms with Crippen LogP contribution < -0.4 is 37.7 Å². The van der Waals surface area contributed by atoms with Crippen molar-refractivity contribution in [1.82, 2.24) is 0 Å². The molecule has 0 aromatic carbocycles. The Hall–Kier alpha value is 1.10. The largest absolute Gasteiger partial charge is 2.00 e. The van der Waals surface area contributed by atoms with E-state index in [-0.39, 0.29) is 43.2 Å². The summed E-state index contributed by atoms with van der Waals surface area (Å²) in [6.45, 7) is 0. The second-order valence-electron chi connectivity index (χ2n) is 0.346. The van der Waals surface area contributed by atoms with Crippen LogP contribution in [0.15, 0.2) is 0 Å². The second-order valence-corrected chi connectivity index (χ2v) is 0.346. The van der Waals surface area contributed by atoms with Crippen LogP contribution in [0.3, 0.4) is 0 Å². The minimum atomic E-state index is -2.17. The molecule has 0 saturated heterocycles. The van der Waals surface area contributed by atoms with Crippen LogP contribution in [0.1, 0.15) is 0 Å². The molecule has 3 N–H and O–H groups in total. The third kappa shape index (κ3) is 153. The first-order valence-corrected chi connectivity index (χ1v) is 0.775. The molecular formula is H3BLi2O4. The molecule has 0 unspecified atom stereocenters. The van der Waals surface area contributed by atoms with Gasteiger partial charge >= 0.3 is 45.0 Å². The topological polar surface area (TPSA) is 89.2 Å². The van der Waals surface area contributed by atoms with Crippen molar-refractivity contribution in [2.24, 2.45) is 0 Å².